The van der Waals surface area contributed by atoms with Crippen LogP contribution in [-0.2, 0) is 11.5 Å². The van der Waals surface area contributed by atoms with Crippen LogP contribution in [0.1, 0.15) is 11.4 Å². The molecule has 140 valence electrons. The van der Waals surface area contributed by atoms with Crippen LogP contribution in [0.4, 0.5) is 0 Å². The molecule has 0 atom stereocenters. The van der Waals surface area contributed by atoms with Crippen LogP contribution in [0.2, 0.25) is 5.02 Å². The van der Waals surface area contributed by atoms with Crippen LogP contribution in [0.5, 0.6) is 0 Å². The second kappa shape index (κ2) is 9.32. The number of thioether (sulfide) groups is 2. The standard InChI is InChI=1S/C22H18ClN3S2/c23-18-9-7-8-17(14-18)15-28-22-25-24-21(16-27-20-12-5-2-6-13-20)26(22)19-10-3-1-4-11-19/h1-14H,15-16H2. The molecule has 0 radical (unpaired) electrons. The zero-order valence-corrected chi connectivity index (χ0v) is 17.4. The smallest absolute Gasteiger partial charge is 0.196 e. The largest absolute Gasteiger partial charge is 0.273 e. The summed E-state index contributed by atoms with van der Waals surface area (Å²) in [5, 5.41) is 10.6. The molecule has 3 nitrogen and oxygen atoms in total. The van der Waals surface area contributed by atoms with E-state index in [0.717, 1.165) is 33.2 Å². The maximum atomic E-state index is 6.11. The predicted molar refractivity (Wildman–Crippen MR) is 118 cm³/mol. The van der Waals surface area contributed by atoms with E-state index < -0.39 is 0 Å². The molecule has 0 saturated carbocycles. The van der Waals surface area contributed by atoms with Gasteiger partial charge in [0, 0.05) is 21.4 Å². The first kappa shape index (κ1) is 19.1. The highest BCUT2D eigenvalue weighted by molar-refractivity contribution is 7.98. The summed E-state index contributed by atoms with van der Waals surface area (Å²) in [6, 6.07) is 28.6. The monoisotopic (exact) mass is 423 g/mol. The van der Waals surface area contributed by atoms with Crippen molar-refractivity contribution in [3.05, 3.63) is 101 Å². The molecule has 0 aliphatic rings. The summed E-state index contributed by atoms with van der Waals surface area (Å²) in [5.41, 5.74) is 2.24. The summed E-state index contributed by atoms with van der Waals surface area (Å²) >= 11 is 9.54. The van der Waals surface area contributed by atoms with Crippen LogP contribution in [0.3, 0.4) is 0 Å². The van der Waals surface area contributed by atoms with Crippen LogP contribution in [0, 0.1) is 0 Å². The Hall–Kier alpha value is -2.21. The van der Waals surface area contributed by atoms with E-state index in [2.05, 4.69) is 57.2 Å². The van der Waals surface area contributed by atoms with Crippen LogP contribution in [0.15, 0.2) is 95.0 Å². The molecule has 4 aromatic rings. The van der Waals surface area contributed by atoms with Gasteiger partial charge in [0.1, 0.15) is 5.82 Å². The van der Waals surface area contributed by atoms with Crippen molar-refractivity contribution in [1.29, 1.82) is 0 Å². The number of halogens is 1. The molecule has 0 aliphatic heterocycles. The van der Waals surface area contributed by atoms with Gasteiger partial charge in [-0.25, -0.2) is 0 Å². The van der Waals surface area contributed by atoms with Gasteiger partial charge in [0.15, 0.2) is 5.16 Å². The second-order valence-corrected chi connectivity index (χ2v) is 8.52. The molecule has 3 aromatic carbocycles. The van der Waals surface area contributed by atoms with Crippen LogP contribution in [0.25, 0.3) is 5.69 Å². The molecule has 0 aliphatic carbocycles. The minimum Gasteiger partial charge on any atom is -0.273 e. The van der Waals surface area contributed by atoms with Gasteiger partial charge < -0.3 is 0 Å². The Morgan fingerprint density at radius 3 is 2.25 bits per heavy atom. The van der Waals surface area contributed by atoms with E-state index in [-0.39, 0.29) is 0 Å². The summed E-state index contributed by atoms with van der Waals surface area (Å²) < 4.78 is 2.14. The van der Waals surface area contributed by atoms with Crippen molar-refractivity contribution in [1.82, 2.24) is 14.8 Å². The van der Waals surface area contributed by atoms with Gasteiger partial charge in [-0.3, -0.25) is 4.57 Å². The highest BCUT2D eigenvalue weighted by atomic mass is 35.5. The topological polar surface area (TPSA) is 30.7 Å². The highest BCUT2D eigenvalue weighted by Crippen LogP contribution is 2.29. The molecule has 6 heteroatoms. The maximum Gasteiger partial charge on any atom is 0.196 e. The molecule has 1 heterocycles. The number of aromatic nitrogens is 3. The molecule has 28 heavy (non-hydrogen) atoms. The van der Waals surface area contributed by atoms with Crippen LogP contribution >= 0.6 is 35.1 Å². The Labute approximate surface area is 178 Å². The SMILES string of the molecule is Clc1cccc(CSc2nnc(CSc3ccccc3)n2-c2ccccc2)c1. The van der Waals surface area contributed by atoms with Crippen molar-refractivity contribution in [3.8, 4) is 5.69 Å². The van der Waals surface area contributed by atoms with Gasteiger partial charge >= 0.3 is 0 Å². The molecule has 0 unspecified atom stereocenters. The van der Waals surface area contributed by atoms with E-state index in [4.69, 9.17) is 11.6 Å². The number of nitrogens with zero attached hydrogens (tertiary/aromatic N) is 3. The average molecular weight is 424 g/mol. The van der Waals surface area contributed by atoms with Gasteiger partial charge in [-0.2, -0.15) is 0 Å². The second-order valence-electron chi connectivity index (χ2n) is 6.09. The third-order valence-corrected chi connectivity index (χ3v) is 6.33. The van der Waals surface area contributed by atoms with Gasteiger partial charge in [0.2, 0.25) is 0 Å². The fourth-order valence-electron chi connectivity index (χ4n) is 2.76. The first-order valence-corrected chi connectivity index (χ1v) is 11.2. The summed E-state index contributed by atoms with van der Waals surface area (Å²) in [5.74, 6) is 2.48. The zero-order chi connectivity index (χ0) is 19.2. The van der Waals surface area contributed by atoms with Crippen molar-refractivity contribution < 1.29 is 0 Å². The Bertz CT molecular complexity index is 1040. The molecule has 0 N–H and O–H groups in total. The third kappa shape index (κ3) is 4.79. The molecule has 0 amide bonds. The van der Waals surface area contributed by atoms with Gasteiger partial charge in [-0.05, 0) is 42.0 Å². The van der Waals surface area contributed by atoms with Crippen molar-refractivity contribution in [2.45, 2.75) is 21.6 Å². The lowest BCUT2D eigenvalue weighted by atomic mass is 10.2. The van der Waals surface area contributed by atoms with Crippen molar-refractivity contribution in [3.63, 3.8) is 0 Å². The number of para-hydroxylation sites is 1. The lowest BCUT2D eigenvalue weighted by Gasteiger charge is -2.10. The van der Waals surface area contributed by atoms with Gasteiger partial charge in [0.05, 0.1) is 5.75 Å². The van der Waals surface area contributed by atoms with E-state index in [9.17, 15) is 0 Å². The van der Waals surface area contributed by atoms with Crippen molar-refractivity contribution in [2.24, 2.45) is 0 Å². The minimum absolute atomic E-state index is 0.752. The highest BCUT2D eigenvalue weighted by Gasteiger charge is 2.15. The molecule has 0 bridgehead atoms. The van der Waals surface area contributed by atoms with Crippen LogP contribution in [-0.4, -0.2) is 14.8 Å². The van der Waals surface area contributed by atoms with Crippen molar-refractivity contribution >= 4 is 35.1 Å². The van der Waals surface area contributed by atoms with E-state index >= 15 is 0 Å². The average Bonchev–Trinajstić information content (AvgIpc) is 3.15. The summed E-state index contributed by atoms with van der Waals surface area (Å²) in [4.78, 5) is 1.22. The predicted octanol–water partition coefficient (Wildman–Crippen LogP) is 6.51. The minimum atomic E-state index is 0.752. The lowest BCUT2D eigenvalue weighted by molar-refractivity contribution is 0.864. The molecule has 4 rings (SSSR count). The quantitative estimate of drug-likeness (QED) is 0.317. The molecule has 1 aromatic heterocycles. The van der Waals surface area contributed by atoms with Gasteiger partial charge in [-0.1, -0.05) is 71.9 Å². The number of benzene rings is 3. The Morgan fingerprint density at radius 1 is 0.750 bits per heavy atom. The van der Waals surface area contributed by atoms with Crippen LogP contribution < -0.4 is 0 Å². The van der Waals surface area contributed by atoms with E-state index in [1.165, 1.54) is 10.5 Å². The summed E-state index contributed by atoms with van der Waals surface area (Å²) in [6.45, 7) is 0. The molecular formula is C22H18ClN3S2. The first-order valence-electron chi connectivity index (χ1n) is 8.84. The fourth-order valence-corrected chi connectivity index (χ4v) is 4.72. The van der Waals surface area contributed by atoms with Gasteiger partial charge in [0.25, 0.3) is 0 Å². The third-order valence-electron chi connectivity index (χ3n) is 4.08. The van der Waals surface area contributed by atoms with Crippen molar-refractivity contribution in [2.75, 3.05) is 0 Å². The van der Waals surface area contributed by atoms with E-state index in [1.54, 1.807) is 23.5 Å². The Kier molecular flexibility index (Phi) is 6.37. The zero-order valence-electron chi connectivity index (χ0n) is 15.0. The first-order chi connectivity index (χ1) is 13.8. The number of hydrogen-bond donors (Lipinski definition) is 0. The molecule has 0 saturated heterocycles. The van der Waals surface area contributed by atoms with E-state index in [0.29, 0.717) is 0 Å². The Morgan fingerprint density at radius 2 is 1.50 bits per heavy atom. The van der Waals surface area contributed by atoms with Gasteiger partial charge in [-0.15, -0.1) is 22.0 Å². The number of rotatable bonds is 7. The summed E-state index contributed by atoms with van der Waals surface area (Å²) in [7, 11) is 0. The molecule has 0 fully saturated rings. The normalized spacial score (nSPS) is 10.9. The number of hydrogen-bond acceptors (Lipinski definition) is 4. The molecular weight excluding hydrogens is 406 g/mol. The van der Waals surface area contributed by atoms with E-state index in [1.807, 2.05) is 42.5 Å². The Balaban J connectivity index is 1.58. The fraction of sp³-hybridized carbons (Fsp3) is 0.0909. The summed E-state index contributed by atoms with van der Waals surface area (Å²) in [6.07, 6.45) is 0. The lowest BCUT2D eigenvalue weighted by Crippen LogP contribution is -2.01. The molecule has 0 spiro atoms. The maximum absolute atomic E-state index is 6.11.